The highest BCUT2D eigenvalue weighted by Gasteiger charge is 2.15. The molecule has 9 heteroatoms. The minimum absolute atomic E-state index is 0.0386. The number of amides is 1. The van der Waals surface area contributed by atoms with Gasteiger partial charge >= 0.3 is 0 Å². The van der Waals surface area contributed by atoms with Gasteiger partial charge in [-0.3, -0.25) is 14.3 Å². The maximum Gasteiger partial charge on any atom is 0.258 e. The molecule has 2 heterocycles. The van der Waals surface area contributed by atoms with Crippen molar-refractivity contribution in [2.75, 3.05) is 6.54 Å². The molecular formula is C19H22B2N4O3. The SMILES string of the molecule is BBCCNC(=O)c1cn(Cc2ccc(Cn3ccccc3=O)cc2)nc1O. The molecule has 2 N–H and O–H groups in total. The molecule has 0 spiro atoms. The zero-order valence-corrected chi connectivity index (χ0v) is 15.8. The first-order chi connectivity index (χ1) is 13.6. The number of pyridine rings is 1. The Hall–Kier alpha value is -3.22. The Kier molecular flexibility index (Phi) is 6.37. The fourth-order valence-electron chi connectivity index (χ4n) is 2.85. The van der Waals surface area contributed by atoms with Crippen LogP contribution in [0.1, 0.15) is 21.5 Å². The van der Waals surface area contributed by atoms with Crippen molar-refractivity contribution < 1.29 is 9.90 Å². The standard InChI is InChI=1S/C19H22B2N4O3/c20-21-8-9-22-18(27)16-13-25(23-19(16)28)12-15-6-4-14(5-7-15)11-24-10-2-1-3-17(24)26/h1-7,10,13,21H,8-9,11-12,20H2,(H,22,27)(H,23,28). The lowest BCUT2D eigenvalue weighted by Crippen LogP contribution is -2.24. The first-order valence-corrected chi connectivity index (χ1v) is 9.34. The Morgan fingerprint density at radius 2 is 1.86 bits per heavy atom. The molecule has 7 nitrogen and oxygen atoms in total. The van der Waals surface area contributed by atoms with Crippen LogP contribution in [0.4, 0.5) is 0 Å². The van der Waals surface area contributed by atoms with Crippen LogP contribution in [0.15, 0.2) is 59.7 Å². The molecule has 2 aromatic heterocycles. The summed E-state index contributed by atoms with van der Waals surface area (Å²) in [5.41, 5.74) is 2.13. The highest BCUT2D eigenvalue weighted by atomic mass is 16.3. The van der Waals surface area contributed by atoms with Gasteiger partial charge in [-0.2, -0.15) is 0 Å². The van der Waals surface area contributed by atoms with Crippen molar-refractivity contribution in [3.05, 3.63) is 81.9 Å². The molecule has 0 aliphatic carbocycles. The maximum absolute atomic E-state index is 12.1. The van der Waals surface area contributed by atoms with Gasteiger partial charge in [-0.15, -0.1) is 5.10 Å². The Labute approximate surface area is 164 Å². The third kappa shape index (κ3) is 4.94. The molecule has 0 saturated heterocycles. The van der Waals surface area contributed by atoms with Crippen LogP contribution < -0.4 is 10.9 Å². The molecule has 0 unspecified atom stereocenters. The zero-order chi connectivity index (χ0) is 19.9. The van der Waals surface area contributed by atoms with Gasteiger partial charge in [0.2, 0.25) is 5.88 Å². The summed E-state index contributed by atoms with van der Waals surface area (Å²) in [5.74, 6) is -0.588. The molecule has 0 radical (unpaired) electrons. The number of carbonyl (C=O) groups is 1. The van der Waals surface area contributed by atoms with Crippen LogP contribution in [-0.4, -0.2) is 46.8 Å². The van der Waals surface area contributed by atoms with Crippen molar-refractivity contribution >= 4 is 20.8 Å². The number of aromatic nitrogens is 3. The van der Waals surface area contributed by atoms with E-state index in [4.69, 9.17) is 0 Å². The molecule has 0 bridgehead atoms. The monoisotopic (exact) mass is 376 g/mol. The Bertz CT molecular complexity index is 999. The van der Waals surface area contributed by atoms with Gasteiger partial charge in [0.25, 0.3) is 11.5 Å². The van der Waals surface area contributed by atoms with Crippen molar-refractivity contribution in [1.29, 1.82) is 0 Å². The third-order valence-corrected chi connectivity index (χ3v) is 4.42. The lowest BCUT2D eigenvalue weighted by atomic mass is 9.54. The molecule has 3 aromatic rings. The van der Waals surface area contributed by atoms with E-state index < -0.39 is 0 Å². The molecule has 28 heavy (non-hydrogen) atoms. The molecule has 0 aliphatic heterocycles. The molecule has 0 aliphatic rings. The summed E-state index contributed by atoms with van der Waals surface area (Å²) in [6.45, 7) is 1.51. The summed E-state index contributed by atoms with van der Waals surface area (Å²) >= 11 is 0. The molecule has 1 amide bonds. The van der Waals surface area contributed by atoms with Gasteiger partial charge in [0.1, 0.15) is 5.56 Å². The summed E-state index contributed by atoms with van der Waals surface area (Å²) in [4.78, 5) is 23.9. The van der Waals surface area contributed by atoms with Gasteiger partial charge in [0.05, 0.1) is 28.0 Å². The lowest BCUT2D eigenvalue weighted by molar-refractivity contribution is 0.0953. The average molecular weight is 376 g/mol. The minimum Gasteiger partial charge on any atom is -0.492 e. The van der Waals surface area contributed by atoms with Crippen molar-refractivity contribution in [1.82, 2.24) is 19.7 Å². The highest BCUT2D eigenvalue weighted by molar-refractivity contribution is 6.89. The van der Waals surface area contributed by atoms with E-state index >= 15 is 0 Å². The quantitative estimate of drug-likeness (QED) is 0.427. The van der Waals surface area contributed by atoms with Crippen molar-refractivity contribution in [2.24, 2.45) is 0 Å². The minimum atomic E-state index is -0.319. The number of nitrogens with zero attached hydrogens (tertiary/aromatic N) is 3. The fourth-order valence-corrected chi connectivity index (χ4v) is 2.85. The second kappa shape index (κ2) is 9.12. The van der Waals surface area contributed by atoms with E-state index in [2.05, 4.69) is 10.4 Å². The number of nitrogens with one attached hydrogen (secondary N) is 1. The van der Waals surface area contributed by atoms with Gasteiger partial charge in [0, 0.05) is 25.0 Å². The normalized spacial score (nSPS) is 10.6. The summed E-state index contributed by atoms with van der Waals surface area (Å²) < 4.78 is 3.19. The molecule has 3 rings (SSSR count). The summed E-state index contributed by atoms with van der Waals surface area (Å²) in [7, 11) is 3.03. The number of carbonyl (C=O) groups excluding carboxylic acids is 1. The fraction of sp³-hybridized carbons (Fsp3) is 0.211. The van der Waals surface area contributed by atoms with E-state index in [0.29, 0.717) is 19.6 Å². The topological polar surface area (TPSA) is 89.2 Å². The molecule has 0 atom stereocenters. The Morgan fingerprint density at radius 1 is 1.14 bits per heavy atom. The van der Waals surface area contributed by atoms with E-state index in [1.807, 2.05) is 38.1 Å². The van der Waals surface area contributed by atoms with E-state index in [0.717, 1.165) is 24.6 Å². The van der Waals surface area contributed by atoms with Crippen LogP contribution in [0, 0.1) is 0 Å². The van der Waals surface area contributed by atoms with E-state index in [1.165, 1.54) is 6.07 Å². The summed E-state index contributed by atoms with van der Waals surface area (Å²) in [6.07, 6.45) is 4.20. The van der Waals surface area contributed by atoms with Gasteiger partial charge in [-0.1, -0.05) is 36.7 Å². The van der Waals surface area contributed by atoms with Crippen molar-refractivity contribution in [3.8, 4) is 5.88 Å². The smallest absolute Gasteiger partial charge is 0.258 e. The zero-order valence-electron chi connectivity index (χ0n) is 15.8. The molecule has 0 fully saturated rings. The number of benzene rings is 1. The molecule has 142 valence electrons. The largest absolute Gasteiger partial charge is 0.492 e. The first-order valence-electron chi connectivity index (χ1n) is 9.34. The molecular weight excluding hydrogens is 354 g/mol. The number of hydrogen-bond donors (Lipinski definition) is 2. The van der Waals surface area contributed by atoms with E-state index in [9.17, 15) is 14.7 Å². The predicted molar refractivity (Wildman–Crippen MR) is 112 cm³/mol. The van der Waals surface area contributed by atoms with Crippen LogP contribution in [0.25, 0.3) is 0 Å². The van der Waals surface area contributed by atoms with Crippen LogP contribution in [0.5, 0.6) is 5.88 Å². The highest BCUT2D eigenvalue weighted by Crippen LogP contribution is 2.15. The van der Waals surface area contributed by atoms with Crippen LogP contribution in [0.2, 0.25) is 6.32 Å². The van der Waals surface area contributed by atoms with Gasteiger partial charge in [0.15, 0.2) is 0 Å². The summed E-state index contributed by atoms with van der Waals surface area (Å²) in [6, 6.07) is 12.9. The second-order valence-corrected chi connectivity index (χ2v) is 6.66. The number of hydrogen-bond acceptors (Lipinski definition) is 4. The maximum atomic E-state index is 12.1. The number of aromatic hydroxyl groups is 1. The molecule has 1 aromatic carbocycles. The Balaban J connectivity index is 1.64. The van der Waals surface area contributed by atoms with Crippen LogP contribution >= 0.6 is 0 Å². The number of rotatable bonds is 8. The first kappa shape index (κ1) is 19.5. The van der Waals surface area contributed by atoms with E-state index in [1.54, 1.807) is 27.7 Å². The predicted octanol–water partition coefficient (Wildman–Crippen LogP) is -0.0203. The second-order valence-electron chi connectivity index (χ2n) is 6.66. The average Bonchev–Trinajstić information content (AvgIpc) is 3.05. The summed E-state index contributed by atoms with van der Waals surface area (Å²) in [5, 5.41) is 16.7. The molecule has 0 saturated carbocycles. The van der Waals surface area contributed by atoms with Gasteiger partial charge in [-0.25, -0.2) is 0 Å². The van der Waals surface area contributed by atoms with Gasteiger partial charge < -0.3 is 15.0 Å². The van der Waals surface area contributed by atoms with E-state index in [-0.39, 0.29) is 22.9 Å². The lowest BCUT2D eigenvalue weighted by Gasteiger charge is -2.07. The third-order valence-electron chi connectivity index (χ3n) is 4.42. The Morgan fingerprint density at radius 3 is 2.54 bits per heavy atom. The van der Waals surface area contributed by atoms with Crippen LogP contribution in [-0.2, 0) is 13.1 Å². The van der Waals surface area contributed by atoms with Crippen molar-refractivity contribution in [3.63, 3.8) is 0 Å². The van der Waals surface area contributed by atoms with Gasteiger partial charge in [-0.05, 0) is 17.2 Å². The van der Waals surface area contributed by atoms with Crippen molar-refractivity contribution in [2.45, 2.75) is 19.4 Å². The van der Waals surface area contributed by atoms with Crippen LogP contribution in [0.3, 0.4) is 0 Å².